The Kier molecular flexibility index (Phi) is 3.29. The zero-order chi connectivity index (χ0) is 13.0. The second-order valence-electron chi connectivity index (χ2n) is 4.48. The zero-order valence-electron chi connectivity index (χ0n) is 10.4. The van der Waals surface area contributed by atoms with Gasteiger partial charge in [0, 0.05) is 12.4 Å². The quantitative estimate of drug-likeness (QED) is 0.823. The molecule has 0 radical (unpaired) electrons. The van der Waals surface area contributed by atoms with Gasteiger partial charge >= 0.3 is 0 Å². The van der Waals surface area contributed by atoms with Crippen molar-refractivity contribution in [1.82, 2.24) is 4.98 Å². The van der Waals surface area contributed by atoms with Crippen molar-refractivity contribution < 1.29 is 4.74 Å². The molecule has 1 aromatic carbocycles. The van der Waals surface area contributed by atoms with Crippen LogP contribution in [0.25, 0.3) is 11.1 Å². The van der Waals surface area contributed by atoms with Crippen molar-refractivity contribution in [2.24, 2.45) is 0 Å². The summed E-state index contributed by atoms with van der Waals surface area (Å²) >= 11 is 0. The van der Waals surface area contributed by atoms with E-state index in [0.29, 0.717) is 5.75 Å². The maximum absolute atomic E-state index is 8.91. The van der Waals surface area contributed by atoms with Gasteiger partial charge in [-0.25, -0.2) is 0 Å². The van der Waals surface area contributed by atoms with Gasteiger partial charge in [0.1, 0.15) is 11.8 Å². The van der Waals surface area contributed by atoms with Gasteiger partial charge in [-0.15, -0.1) is 0 Å². The Morgan fingerprint density at radius 1 is 1.00 bits per heavy atom. The Bertz CT molecular complexity index is 553. The van der Waals surface area contributed by atoms with E-state index in [0.717, 1.165) is 11.1 Å². The summed E-state index contributed by atoms with van der Waals surface area (Å²) in [6.45, 7) is 3.48. The van der Waals surface area contributed by atoms with Crippen LogP contribution in [0, 0.1) is 11.3 Å². The van der Waals surface area contributed by atoms with Gasteiger partial charge in [-0.1, -0.05) is 12.1 Å². The predicted molar refractivity (Wildman–Crippen MR) is 70.0 cm³/mol. The Balaban J connectivity index is 2.19. The van der Waals surface area contributed by atoms with Gasteiger partial charge in [0.05, 0.1) is 0 Å². The van der Waals surface area contributed by atoms with Gasteiger partial charge in [-0.2, -0.15) is 5.26 Å². The van der Waals surface area contributed by atoms with E-state index in [1.165, 1.54) is 0 Å². The van der Waals surface area contributed by atoms with Crippen LogP contribution in [-0.2, 0) is 0 Å². The van der Waals surface area contributed by atoms with E-state index in [1.54, 1.807) is 26.2 Å². The number of pyridine rings is 1. The SMILES string of the molecule is CC(C)(C#N)Oc1ccc(-c2ccncc2)cc1. The number of nitrogens with zero attached hydrogens (tertiary/aromatic N) is 2. The minimum absolute atomic E-state index is 0.694. The lowest BCUT2D eigenvalue weighted by molar-refractivity contribution is 0.170. The van der Waals surface area contributed by atoms with Crippen LogP contribution >= 0.6 is 0 Å². The Morgan fingerprint density at radius 2 is 1.56 bits per heavy atom. The Hall–Kier alpha value is -2.34. The molecule has 0 saturated heterocycles. The minimum Gasteiger partial charge on any atom is -0.473 e. The summed E-state index contributed by atoms with van der Waals surface area (Å²) in [5.74, 6) is 0.694. The van der Waals surface area contributed by atoms with E-state index in [9.17, 15) is 0 Å². The average molecular weight is 238 g/mol. The first-order chi connectivity index (χ1) is 8.61. The highest BCUT2D eigenvalue weighted by molar-refractivity contribution is 5.63. The molecule has 18 heavy (non-hydrogen) atoms. The number of nitriles is 1. The number of ether oxygens (including phenoxy) is 1. The standard InChI is InChI=1S/C15H14N2O/c1-15(2,11-16)18-14-5-3-12(4-6-14)13-7-9-17-10-8-13/h3-10H,1-2H3. The summed E-state index contributed by atoms with van der Waals surface area (Å²) in [6, 6.07) is 13.7. The van der Waals surface area contributed by atoms with E-state index < -0.39 is 5.60 Å². The maximum Gasteiger partial charge on any atom is 0.188 e. The summed E-state index contributed by atoms with van der Waals surface area (Å²) in [5.41, 5.74) is 1.40. The molecule has 0 bridgehead atoms. The molecule has 0 unspecified atom stereocenters. The second kappa shape index (κ2) is 4.89. The van der Waals surface area contributed by atoms with Crippen LogP contribution < -0.4 is 4.74 Å². The molecule has 2 aromatic rings. The lowest BCUT2D eigenvalue weighted by atomic mass is 10.1. The van der Waals surface area contributed by atoms with Gasteiger partial charge < -0.3 is 4.74 Å². The van der Waals surface area contributed by atoms with E-state index in [-0.39, 0.29) is 0 Å². The Labute approximate surface area is 107 Å². The fourth-order valence-corrected chi connectivity index (χ4v) is 1.58. The fourth-order valence-electron chi connectivity index (χ4n) is 1.58. The molecule has 1 aromatic heterocycles. The molecule has 0 atom stereocenters. The molecule has 3 heteroatoms. The molecule has 1 heterocycles. The molecule has 0 fully saturated rings. The van der Waals surface area contributed by atoms with Crippen molar-refractivity contribution in [2.75, 3.05) is 0 Å². The first kappa shape index (κ1) is 12.1. The highest BCUT2D eigenvalue weighted by atomic mass is 16.5. The van der Waals surface area contributed by atoms with Gasteiger partial charge in [-0.3, -0.25) is 4.98 Å². The zero-order valence-corrected chi connectivity index (χ0v) is 10.4. The molecular formula is C15H14N2O. The van der Waals surface area contributed by atoms with E-state index in [4.69, 9.17) is 10.00 Å². The van der Waals surface area contributed by atoms with Crippen molar-refractivity contribution in [1.29, 1.82) is 5.26 Å². The average Bonchev–Trinajstić information content (AvgIpc) is 2.40. The number of benzene rings is 1. The molecule has 2 rings (SSSR count). The van der Waals surface area contributed by atoms with Crippen LogP contribution in [0.2, 0.25) is 0 Å². The third-order valence-corrected chi connectivity index (χ3v) is 2.51. The molecular weight excluding hydrogens is 224 g/mol. The topological polar surface area (TPSA) is 45.9 Å². The normalized spacial score (nSPS) is 10.7. The third-order valence-electron chi connectivity index (χ3n) is 2.51. The molecule has 0 aliphatic carbocycles. The lowest BCUT2D eigenvalue weighted by Gasteiger charge is -2.18. The second-order valence-corrected chi connectivity index (χ2v) is 4.48. The summed E-state index contributed by atoms with van der Waals surface area (Å²) in [4.78, 5) is 3.99. The lowest BCUT2D eigenvalue weighted by Crippen LogP contribution is -2.25. The predicted octanol–water partition coefficient (Wildman–Crippen LogP) is 3.43. The van der Waals surface area contributed by atoms with Crippen LogP contribution in [0.15, 0.2) is 48.8 Å². The Morgan fingerprint density at radius 3 is 2.11 bits per heavy atom. The van der Waals surface area contributed by atoms with Crippen LogP contribution in [0.3, 0.4) is 0 Å². The van der Waals surface area contributed by atoms with Crippen LogP contribution in [-0.4, -0.2) is 10.6 Å². The minimum atomic E-state index is -0.807. The summed E-state index contributed by atoms with van der Waals surface area (Å²) < 4.78 is 5.57. The first-order valence-electron chi connectivity index (χ1n) is 5.71. The third kappa shape index (κ3) is 2.86. The van der Waals surface area contributed by atoms with E-state index in [2.05, 4.69) is 11.1 Å². The highest BCUT2D eigenvalue weighted by Crippen LogP contribution is 2.23. The van der Waals surface area contributed by atoms with Gasteiger partial charge in [0.2, 0.25) is 0 Å². The molecule has 0 spiro atoms. The molecule has 0 N–H and O–H groups in total. The van der Waals surface area contributed by atoms with Gasteiger partial charge in [0.15, 0.2) is 5.60 Å². The van der Waals surface area contributed by atoms with Gasteiger partial charge in [0.25, 0.3) is 0 Å². The smallest absolute Gasteiger partial charge is 0.188 e. The van der Waals surface area contributed by atoms with E-state index >= 15 is 0 Å². The van der Waals surface area contributed by atoms with E-state index in [1.807, 2.05) is 36.4 Å². The number of hydrogen-bond donors (Lipinski definition) is 0. The van der Waals surface area contributed by atoms with Crippen molar-refractivity contribution in [2.45, 2.75) is 19.4 Å². The summed E-state index contributed by atoms with van der Waals surface area (Å²) in [7, 11) is 0. The molecule has 90 valence electrons. The molecule has 0 amide bonds. The maximum atomic E-state index is 8.91. The number of hydrogen-bond acceptors (Lipinski definition) is 3. The molecule has 0 aliphatic rings. The molecule has 0 saturated carbocycles. The van der Waals surface area contributed by atoms with Crippen molar-refractivity contribution in [3.63, 3.8) is 0 Å². The first-order valence-corrected chi connectivity index (χ1v) is 5.71. The molecule has 3 nitrogen and oxygen atoms in total. The largest absolute Gasteiger partial charge is 0.473 e. The van der Waals surface area contributed by atoms with Crippen LogP contribution in [0.5, 0.6) is 5.75 Å². The number of rotatable bonds is 3. The van der Waals surface area contributed by atoms with Crippen molar-refractivity contribution in [3.8, 4) is 22.9 Å². The summed E-state index contributed by atoms with van der Waals surface area (Å²) in [6.07, 6.45) is 3.52. The van der Waals surface area contributed by atoms with Crippen molar-refractivity contribution >= 4 is 0 Å². The van der Waals surface area contributed by atoms with Crippen LogP contribution in [0.1, 0.15) is 13.8 Å². The fraction of sp³-hybridized carbons (Fsp3) is 0.200. The monoisotopic (exact) mass is 238 g/mol. The molecule has 0 aliphatic heterocycles. The summed E-state index contributed by atoms with van der Waals surface area (Å²) in [5, 5.41) is 8.91. The highest BCUT2D eigenvalue weighted by Gasteiger charge is 2.17. The number of aromatic nitrogens is 1. The van der Waals surface area contributed by atoms with Crippen LogP contribution in [0.4, 0.5) is 0 Å². The van der Waals surface area contributed by atoms with Gasteiger partial charge in [-0.05, 0) is 49.2 Å². The van der Waals surface area contributed by atoms with Crippen molar-refractivity contribution in [3.05, 3.63) is 48.8 Å².